The van der Waals surface area contributed by atoms with Gasteiger partial charge in [-0.25, -0.2) is 4.98 Å². The number of hydrogen-bond donors (Lipinski definition) is 1. The zero-order valence-corrected chi connectivity index (χ0v) is 10.1. The topological polar surface area (TPSA) is 64.2 Å². The second-order valence-electron chi connectivity index (χ2n) is 3.63. The van der Waals surface area contributed by atoms with Crippen LogP contribution in [0.3, 0.4) is 0 Å². The molecule has 1 N–H and O–H groups in total. The summed E-state index contributed by atoms with van der Waals surface area (Å²) in [4.78, 5) is 17.9. The molecular formula is C13H14N2O3. The van der Waals surface area contributed by atoms with Crippen molar-refractivity contribution < 1.29 is 9.47 Å². The average molecular weight is 246 g/mol. The highest BCUT2D eigenvalue weighted by Gasteiger charge is 2.07. The number of ether oxygens (including phenoxy) is 2. The van der Waals surface area contributed by atoms with Crippen molar-refractivity contribution in [3.63, 3.8) is 0 Å². The van der Waals surface area contributed by atoms with Gasteiger partial charge in [0.05, 0.1) is 18.6 Å². The summed E-state index contributed by atoms with van der Waals surface area (Å²) in [6.07, 6.45) is 1.38. The summed E-state index contributed by atoms with van der Waals surface area (Å²) in [7, 11) is 1.62. The molecule has 5 heteroatoms. The van der Waals surface area contributed by atoms with Crippen LogP contribution in [0.15, 0.2) is 41.5 Å². The summed E-state index contributed by atoms with van der Waals surface area (Å²) in [5, 5.41) is 0. The lowest BCUT2D eigenvalue weighted by Crippen LogP contribution is -2.07. The van der Waals surface area contributed by atoms with Crippen molar-refractivity contribution >= 4 is 0 Å². The van der Waals surface area contributed by atoms with Crippen LogP contribution in [0.2, 0.25) is 0 Å². The number of benzene rings is 1. The highest BCUT2D eigenvalue weighted by molar-refractivity contribution is 5.66. The summed E-state index contributed by atoms with van der Waals surface area (Å²) in [6.45, 7) is 0.966. The number of nitrogens with zero attached hydrogens (tertiary/aromatic N) is 1. The third kappa shape index (κ3) is 2.95. The van der Waals surface area contributed by atoms with Crippen molar-refractivity contribution in [2.75, 3.05) is 20.3 Å². The van der Waals surface area contributed by atoms with Gasteiger partial charge in [-0.15, -0.1) is 0 Å². The van der Waals surface area contributed by atoms with E-state index in [0.717, 1.165) is 5.56 Å². The third-order valence-corrected chi connectivity index (χ3v) is 2.39. The molecule has 0 bridgehead atoms. The molecule has 0 aliphatic rings. The quantitative estimate of drug-likeness (QED) is 0.811. The largest absolute Gasteiger partial charge is 0.490 e. The Hall–Kier alpha value is -2.14. The maximum absolute atomic E-state index is 11.3. The number of nitrogens with one attached hydrogen (secondary N) is 1. The van der Waals surface area contributed by atoms with Crippen LogP contribution in [0, 0.1) is 0 Å². The van der Waals surface area contributed by atoms with Gasteiger partial charge >= 0.3 is 0 Å². The Kier molecular flexibility index (Phi) is 4.09. The Morgan fingerprint density at radius 1 is 1.28 bits per heavy atom. The van der Waals surface area contributed by atoms with Gasteiger partial charge in [-0.2, -0.15) is 0 Å². The van der Waals surface area contributed by atoms with E-state index in [9.17, 15) is 4.79 Å². The SMILES string of the molecule is COCCOc1ccccc1-c1cc(=O)[nH]cn1. The van der Waals surface area contributed by atoms with Crippen LogP contribution in [0.1, 0.15) is 0 Å². The molecule has 0 fully saturated rings. The van der Waals surface area contributed by atoms with E-state index < -0.39 is 0 Å². The fourth-order valence-corrected chi connectivity index (χ4v) is 1.55. The number of H-pyrrole nitrogens is 1. The predicted octanol–water partition coefficient (Wildman–Crippen LogP) is 1.46. The van der Waals surface area contributed by atoms with Crippen LogP contribution in [0.25, 0.3) is 11.3 Å². The van der Waals surface area contributed by atoms with Crippen molar-refractivity contribution in [1.82, 2.24) is 9.97 Å². The summed E-state index contributed by atoms with van der Waals surface area (Å²) < 4.78 is 10.5. The fraction of sp³-hybridized carbons (Fsp3) is 0.231. The zero-order chi connectivity index (χ0) is 12.8. The first kappa shape index (κ1) is 12.3. The standard InChI is InChI=1S/C13H14N2O3/c1-17-6-7-18-12-5-3-2-4-10(12)11-8-13(16)15-9-14-11/h2-5,8-9H,6-7H2,1H3,(H,14,15,16). The molecule has 1 aromatic heterocycles. The molecule has 0 amide bonds. The fourth-order valence-electron chi connectivity index (χ4n) is 1.55. The number of aromatic amines is 1. The minimum atomic E-state index is -0.188. The van der Waals surface area contributed by atoms with Crippen LogP contribution < -0.4 is 10.3 Å². The van der Waals surface area contributed by atoms with Gasteiger partial charge in [-0.1, -0.05) is 12.1 Å². The van der Waals surface area contributed by atoms with E-state index in [0.29, 0.717) is 24.7 Å². The van der Waals surface area contributed by atoms with E-state index in [-0.39, 0.29) is 5.56 Å². The smallest absolute Gasteiger partial charge is 0.251 e. The van der Waals surface area contributed by atoms with Crippen LogP contribution in [-0.2, 0) is 4.74 Å². The lowest BCUT2D eigenvalue weighted by molar-refractivity contribution is 0.146. The first-order chi connectivity index (χ1) is 8.81. The summed E-state index contributed by atoms with van der Waals surface area (Å²) in [5.41, 5.74) is 1.19. The van der Waals surface area contributed by atoms with Gasteiger partial charge in [-0.05, 0) is 12.1 Å². The molecule has 18 heavy (non-hydrogen) atoms. The van der Waals surface area contributed by atoms with Crippen LogP contribution in [0.5, 0.6) is 5.75 Å². The van der Waals surface area contributed by atoms with E-state index >= 15 is 0 Å². The summed E-state index contributed by atoms with van der Waals surface area (Å²) in [5.74, 6) is 0.688. The maximum atomic E-state index is 11.3. The average Bonchev–Trinajstić information content (AvgIpc) is 2.40. The Labute approximate surface area is 104 Å². The molecule has 0 radical (unpaired) electrons. The molecule has 0 saturated carbocycles. The third-order valence-electron chi connectivity index (χ3n) is 2.39. The van der Waals surface area contributed by atoms with E-state index in [1.54, 1.807) is 7.11 Å². The highest BCUT2D eigenvalue weighted by Crippen LogP contribution is 2.27. The Balaban J connectivity index is 2.29. The van der Waals surface area contributed by atoms with Gasteiger partial charge in [0.15, 0.2) is 0 Å². The molecule has 5 nitrogen and oxygen atoms in total. The van der Waals surface area contributed by atoms with Crippen molar-refractivity contribution in [3.05, 3.63) is 47.0 Å². The zero-order valence-electron chi connectivity index (χ0n) is 10.1. The van der Waals surface area contributed by atoms with E-state index in [2.05, 4.69) is 9.97 Å². The highest BCUT2D eigenvalue weighted by atomic mass is 16.5. The van der Waals surface area contributed by atoms with Gasteiger partial charge in [-0.3, -0.25) is 4.79 Å². The molecule has 0 saturated heterocycles. The number of hydrogen-bond acceptors (Lipinski definition) is 4. The molecule has 94 valence electrons. The van der Waals surface area contributed by atoms with Gasteiger partial charge < -0.3 is 14.5 Å². The van der Waals surface area contributed by atoms with E-state index in [4.69, 9.17) is 9.47 Å². The van der Waals surface area contributed by atoms with Crippen molar-refractivity contribution in [3.8, 4) is 17.0 Å². The number of para-hydroxylation sites is 1. The Morgan fingerprint density at radius 3 is 2.89 bits per heavy atom. The normalized spacial score (nSPS) is 10.3. The molecule has 0 aliphatic carbocycles. The first-order valence-electron chi connectivity index (χ1n) is 5.57. The lowest BCUT2D eigenvalue weighted by Gasteiger charge is -2.10. The molecule has 0 atom stereocenters. The maximum Gasteiger partial charge on any atom is 0.251 e. The molecule has 0 unspecified atom stereocenters. The lowest BCUT2D eigenvalue weighted by atomic mass is 10.1. The summed E-state index contributed by atoms with van der Waals surface area (Å²) >= 11 is 0. The minimum Gasteiger partial charge on any atom is -0.490 e. The molecule has 1 aromatic carbocycles. The van der Waals surface area contributed by atoms with Crippen molar-refractivity contribution in [2.45, 2.75) is 0 Å². The van der Waals surface area contributed by atoms with E-state index in [1.165, 1.54) is 12.4 Å². The molecule has 0 spiro atoms. The van der Waals surface area contributed by atoms with Gasteiger partial charge in [0.2, 0.25) is 0 Å². The van der Waals surface area contributed by atoms with Gasteiger partial charge in [0.1, 0.15) is 12.4 Å². The van der Waals surface area contributed by atoms with Crippen LogP contribution in [-0.4, -0.2) is 30.3 Å². The molecule has 2 aromatic rings. The second kappa shape index (κ2) is 5.97. The monoisotopic (exact) mass is 246 g/mol. The number of methoxy groups -OCH3 is 1. The Bertz CT molecular complexity index is 566. The Morgan fingerprint density at radius 2 is 2.11 bits per heavy atom. The van der Waals surface area contributed by atoms with Crippen LogP contribution >= 0.6 is 0 Å². The molecule has 2 rings (SSSR count). The minimum absolute atomic E-state index is 0.188. The molecule has 1 heterocycles. The van der Waals surface area contributed by atoms with Crippen molar-refractivity contribution in [2.24, 2.45) is 0 Å². The second-order valence-corrected chi connectivity index (χ2v) is 3.63. The number of rotatable bonds is 5. The molecule has 0 aliphatic heterocycles. The summed E-state index contributed by atoms with van der Waals surface area (Å²) in [6, 6.07) is 8.90. The van der Waals surface area contributed by atoms with Crippen molar-refractivity contribution in [1.29, 1.82) is 0 Å². The molecular weight excluding hydrogens is 232 g/mol. The number of aromatic nitrogens is 2. The predicted molar refractivity (Wildman–Crippen MR) is 67.7 cm³/mol. The first-order valence-corrected chi connectivity index (χ1v) is 5.57. The van der Waals surface area contributed by atoms with Gasteiger partial charge in [0, 0.05) is 18.7 Å². The van der Waals surface area contributed by atoms with E-state index in [1.807, 2.05) is 24.3 Å². The van der Waals surface area contributed by atoms with Gasteiger partial charge in [0.25, 0.3) is 5.56 Å². The van der Waals surface area contributed by atoms with Crippen LogP contribution in [0.4, 0.5) is 0 Å².